The van der Waals surface area contributed by atoms with E-state index in [4.69, 9.17) is 5.73 Å². The lowest BCUT2D eigenvalue weighted by atomic mass is 10.3. The third-order valence-electron chi connectivity index (χ3n) is 1.90. The second-order valence-corrected chi connectivity index (χ2v) is 4.35. The van der Waals surface area contributed by atoms with Gasteiger partial charge in [0.1, 0.15) is 5.82 Å². The van der Waals surface area contributed by atoms with Crippen molar-refractivity contribution in [3.63, 3.8) is 0 Å². The molecule has 2 aromatic rings. The molecule has 3 nitrogen and oxygen atoms in total. The van der Waals surface area contributed by atoms with Crippen LogP contribution in [-0.4, -0.2) is 4.98 Å². The molecular formula is C11H10IN3. The Morgan fingerprint density at radius 1 is 1.13 bits per heavy atom. The van der Waals surface area contributed by atoms with Gasteiger partial charge < -0.3 is 11.1 Å². The van der Waals surface area contributed by atoms with Crippen LogP contribution in [0.15, 0.2) is 42.6 Å². The molecule has 3 N–H and O–H groups in total. The van der Waals surface area contributed by atoms with Crippen LogP contribution in [0.4, 0.5) is 17.2 Å². The Labute approximate surface area is 102 Å². The molecule has 2 rings (SSSR count). The fourth-order valence-electron chi connectivity index (χ4n) is 1.21. The number of benzene rings is 1. The minimum Gasteiger partial charge on any atom is -0.384 e. The van der Waals surface area contributed by atoms with Gasteiger partial charge in [-0.1, -0.05) is 6.07 Å². The average molecular weight is 311 g/mol. The number of aromatic nitrogens is 1. The van der Waals surface area contributed by atoms with E-state index in [0.29, 0.717) is 5.82 Å². The van der Waals surface area contributed by atoms with E-state index in [1.807, 2.05) is 24.3 Å². The van der Waals surface area contributed by atoms with Gasteiger partial charge in [0.2, 0.25) is 0 Å². The topological polar surface area (TPSA) is 50.9 Å². The molecule has 0 bridgehead atoms. The molecular weight excluding hydrogens is 301 g/mol. The largest absolute Gasteiger partial charge is 0.384 e. The van der Waals surface area contributed by atoms with E-state index in [9.17, 15) is 0 Å². The molecule has 0 aliphatic carbocycles. The second-order valence-electron chi connectivity index (χ2n) is 3.11. The lowest BCUT2D eigenvalue weighted by Gasteiger charge is -2.06. The Kier molecular flexibility index (Phi) is 3.05. The Hall–Kier alpha value is -1.30. The number of pyridine rings is 1. The van der Waals surface area contributed by atoms with E-state index in [1.54, 1.807) is 12.3 Å². The standard InChI is InChI=1S/C11H10IN3/c12-8-2-1-3-9(6-8)15-10-4-5-11(13)14-7-10/h1-7,15H,(H2,13,14). The number of rotatable bonds is 2. The minimum absolute atomic E-state index is 0.531. The highest BCUT2D eigenvalue weighted by Gasteiger charge is 1.95. The fourth-order valence-corrected chi connectivity index (χ4v) is 1.76. The van der Waals surface area contributed by atoms with E-state index in [1.165, 1.54) is 3.57 Å². The van der Waals surface area contributed by atoms with Gasteiger partial charge in [-0.15, -0.1) is 0 Å². The molecule has 0 amide bonds. The maximum absolute atomic E-state index is 5.50. The normalized spacial score (nSPS) is 9.93. The zero-order valence-electron chi connectivity index (χ0n) is 7.94. The summed E-state index contributed by atoms with van der Waals surface area (Å²) in [5.74, 6) is 0.531. The Bertz CT molecular complexity index is 454. The number of nitrogens with one attached hydrogen (secondary N) is 1. The van der Waals surface area contributed by atoms with Gasteiger partial charge in [-0.05, 0) is 52.9 Å². The highest BCUT2D eigenvalue weighted by atomic mass is 127. The summed E-state index contributed by atoms with van der Waals surface area (Å²) in [6, 6.07) is 11.8. The van der Waals surface area contributed by atoms with Crippen LogP contribution >= 0.6 is 22.6 Å². The lowest BCUT2D eigenvalue weighted by molar-refractivity contribution is 1.33. The first kappa shape index (κ1) is 10.2. The summed E-state index contributed by atoms with van der Waals surface area (Å²) >= 11 is 2.28. The summed E-state index contributed by atoms with van der Waals surface area (Å²) in [7, 11) is 0. The summed E-state index contributed by atoms with van der Waals surface area (Å²) in [4.78, 5) is 4.01. The van der Waals surface area contributed by atoms with Crippen LogP contribution in [-0.2, 0) is 0 Å². The van der Waals surface area contributed by atoms with Crippen molar-refractivity contribution in [3.8, 4) is 0 Å². The molecule has 0 radical (unpaired) electrons. The van der Waals surface area contributed by atoms with Crippen molar-refractivity contribution in [2.24, 2.45) is 0 Å². The molecule has 0 spiro atoms. The van der Waals surface area contributed by atoms with E-state index in [0.717, 1.165) is 11.4 Å². The second kappa shape index (κ2) is 4.48. The van der Waals surface area contributed by atoms with Crippen molar-refractivity contribution in [1.29, 1.82) is 0 Å². The van der Waals surface area contributed by atoms with Gasteiger partial charge in [0.15, 0.2) is 0 Å². The SMILES string of the molecule is Nc1ccc(Nc2cccc(I)c2)cn1. The average Bonchev–Trinajstić information content (AvgIpc) is 2.22. The first-order chi connectivity index (χ1) is 7.24. The van der Waals surface area contributed by atoms with Gasteiger partial charge in [-0.3, -0.25) is 0 Å². The first-order valence-electron chi connectivity index (χ1n) is 4.48. The molecule has 15 heavy (non-hydrogen) atoms. The maximum Gasteiger partial charge on any atom is 0.123 e. The number of nitrogens with zero attached hydrogens (tertiary/aromatic N) is 1. The monoisotopic (exact) mass is 311 g/mol. The summed E-state index contributed by atoms with van der Waals surface area (Å²) in [6.45, 7) is 0. The molecule has 0 atom stereocenters. The highest BCUT2D eigenvalue weighted by molar-refractivity contribution is 14.1. The highest BCUT2D eigenvalue weighted by Crippen LogP contribution is 2.18. The number of hydrogen-bond acceptors (Lipinski definition) is 3. The van der Waals surface area contributed by atoms with Crippen LogP contribution in [0.3, 0.4) is 0 Å². The molecule has 0 aliphatic heterocycles. The summed E-state index contributed by atoms with van der Waals surface area (Å²) < 4.78 is 1.20. The predicted octanol–water partition coefficient (Wildman–Crippen LogP) is 3.01. The lowest BCUT2D eigenvalue weighted by Crippen LogP contribution is -1.93. The zero-order chi connectivity index (χ0) is 10.7. The number of nitrogen functional groups attached to an aromatic ring is 1. The van der Waals surface area contributed by atoms with E-state index < -0.39 is 0 Å². The van der Waals surface area contributed by atoms with Crippen LogP contribution in [0.1, 0.15) is 0 Å². The van der Waals surface area contributed by atoms with Crippen LogP contribution in [0, 0.1) is 3.57 Å². The molecule has 1 aromatic heterocycles. The Balaban J connectivity index is 2.18. The van der Waals surface area contributed by atoms with Crippen LogP contribution < -0.4 is 11.1 Å². The number of nitrogens with two attached hydrogens (primary N) is 1. The number of hydrogen-bond donors (Lipinski definition) is 2. The maximum atomic E-state index is 5.50. The smallest absolute Gasteiger partial charge is 0.123 e. The molecule has 0 aliphatic rings. The van der Waals surface area contributed by atoms with Crippen molar-refractivity contribution < 1.29 is 0 Å². The molecule has 0 unspecified atom stereocenters. The van der Waals surface area contributed by atoms with E-state index >= 15 is 0 Å². The van der Waals surface area contributed by atoms with Crippen molar-refractivity contribution in [1.82, 2.24) is 4.98 Å². The minimum atomic E-state index is 0.531. The van der Waals surface area contributed by atoms with Crippen LogP contribution in [0.25, 0.3) is 0 Å². The molecule has 4 heteroatoms. The van der Waals surface area contributed by atoms with Crippen molar-refractivity contribution >= 4 is 39.8 Å². The number of halogens is 1. The third-order valence-corrected chi connectivity index (χ3v) is 2.57. The van der Waals surface area contributed by atoms with Crippen LogP contribution in [0.5, 0.6) is 0 Å². The third kappa shape index (κ3) is 2.82. The molecule has 0 fully saturated rings. The Morgan fingerprint density at radius 3 is 2.67 bits per heavy atom. The van der Waals surface area contributed by atoms with Gasteiger partial charge in [0, 0.05) is 9.26 Å². The van der Waals surface area contributed by atoms with E-state index in [-0.39, 0.29) is 0 Å². The molecule has 1 heterocycles. The summed E-state index contributed by atoms with van der Waals surface area (Å²) in [6.07, 6.45) is 1.72. The molecule has 0 saturated carbocycles. The van der Waals surface area contributed by atoms with Gasteiger partial charge in [0.05, 0.1) is 11.9 Å². The predicted molar refractivity (Wildman–Crippen MR) is 71.1 cm³/mol. The first-order valence-corrected chi connectivity index (χ1v) is 5.56. The van der Waals surface area contributed by atoms with Crippen molar-refractivity contribution in [2.45, 2.75) is 0 Å². The Morgan fingerprint density at radius 2 is 2.00 bits per heavy atom. The van der Waals surface area contributed by atoms with Crippen LogP contribution in [0.2, 0.25) is 0 Å². The molecule has 1 aromatic carbocycles. The summed E-state index contributed by atoms with van der Waals surface area (Å²) in [5.41, 5.74) is 7.49. The van der Waals surface area contributed by atoms with E-state index in [2.05, 4.69) is 39.0 Å². The van der Waals surface area contributed by atoms with Gasteiger partial charge in [-0.2, -0.15) is 0 Å². The number of anilines is 3. The summed E-state index contributed by atoms with van der Waals surface area (Å²) in [5, 5.41) is 3.25. The molecule has 76 valence electrons. The molecule has 0 saturated heterocycles. The van der Waals surface area contributed by atoms with Gasteiger partial charge in [-0.25, -0.2) is 4.98 Å². The van der Waals surface area contributed by atoms with Crippen molar-refractivity contribution in [3.05, 3.63) is 46.2 Å². The van der Waals surface area contributed by atoms with Crippen molar-refractivity contribution in [2.75, 3.05) is 11.1 Å². The zero-order valence-corrected chi connectivity index (χ0v) is 10.1. The fraction of sp³-hybridized carbons (Fsp3) is 0. The quantitative estimate of drug-likeness (QED) is 0.838. The van der Waals surface area contributed by atoms with Gasteiger partial charge >= 0.3 is 0 Å². The van der Waals surface area contributed by atoms with Gasteiger partial charge in [0.25, 0.3) is 0 Å².